The summed E-state index contributed by atoms with van der Waals surface area (Å²) in [4.78, 5) is 8.39. The molecule has 2 heterocycles. The van der Waals surface area contributed by atoms with Crippen LogP contribution in [0.4, 0.5) is 16.2 Å². The van der Waals surface area contributed by atoms with E-state index in [1.54, 1.807) is 30.7 Å². The van der Waals surface area contributed by atoms with Crippen molar-refractivity contribution in [2.24, 2.45) is 0 Å². The summed E-state index contributed by atoms with van der Waals surface area (Å²) in [7, 11) is 0. The molecule has 2 aromatic heterocycles. The molecule has 0 bridgehead atoms. The molecule has 0 amide bonds. The van der Waals surface area contributed by atoms with Crippen LogP contribution in [0, 0.1) is 5.82 Å². The Kier molecular flexibility index (Phi) is 4.68. The highest BCUT2D eigenvalue weighted by Gasteiger charge is 2.01. The summed E-state index contributed by atoms with van der Waals surface area (Å²) in [6.45, 7) is 1.10. The topological polar surface area (TPSA) is 75.6 Å². The molecule has 0 aliphatic rings. The minimum absolute atomic E-state index is 0.256. The highest BCUT2D eigenvalue weighted by molar-refractivity contribution is 5.38. The van der Waals surface area contributed by atoms with Gasteiger partial charge in [0.15, 0.2) is 5.82 Å². The number of hydrogen-bond acceptors (Lipinski definition) is 6. The standard InChI is InChI=1S/C16H15FN6/c17-14-5-3-12(4-6-14)9-20-16-22-15(11-21-23-16)19-10-13-2-1-7-18-8-13/h1-8,11H,9-10H2,(H2,19,20,22,23). The molecular weight excluding hydrogens is 295 g/mol. The highest BCUT2D eigenvalue weighted by Crippen LogP contribution is 2.08. The number of nitrogens with zero attached hydrogens (tertiary/aromatic N) is 4. The summed E-state index contributed by atoms with van der Waals surface area (Å²) < 4.78 is 12.9. The maximum Gasteiger partial charge on any atom is 0.244 e. The van der Waals surface area contributed by atoms with Crippen molar-refractivity contribution >= 4 is 11.8 Å². The van der Waals surface area contributed by atoms with Crippen LogP contribution in [0.5, 0.6) is 0 Å². The molecule has 0 aliphatic heterocycles. The van der Waals surface area contributed by atoms with E-state index in [1.807, 2.05) is 12.1 Å². The molecule has 0 unspecified atom stereocenters. The maximum atomic E-state index is 12.9. The molecule has 7 heteroatoms. The normalized spacial score (nSPS) is 10.3. The molecule has 0 fully saturated rings. The number of halogens is 1. The smallest absolute Gasteiger partial charge is 0.244 e. The van der Waals surface area contributed by atoms with Crippen LogP contribution in [0.25, 0.3) is 0 Å². The predicted octanol–water partition coefficient (Wildman–Crippen LogP) is 2.63. The third-order valence-corrected chi connectivity index (χ3v) is 3.12. The molecule has 0 saturated carbocycles. The van der Waals surface area contributed by atoms with E-state index in [2.05, 4.69) is 30.8 Å². The van der Waals surface area contributed by atoms with Crippen LogP contribution in [0.2, 0.25) is 0 Å². The fourth-order valence-electron chi connectivity index (χ4n) is 1.94. The first kappa shape index (κ1) is 14.8. The molecule has 6 nitrogen and oxygen atoms in total. The Balaban J connectivity index is 1.57. The van der Waals surface area contributed by atoms with Crippen LogP contribution in [0.3, 0.4) is 0 Å². The van der Waals surface area contributed by atoms with Crippen molar-refractivity contribution in [2.75, 3.05) is 10.6 Å². The van der Waals surface area contributed by atoms with Crippen LogP contribution in [-0.2, 0) is 13.1 Å². The van der Waals surface area contributed by atoms with Gasteiger partial charge in [-0.1, -0.05) is 18.2 Å². The zero-order valence-electron chi connectivity index (χ0n) is 12.3. The van der Waals surface area contributed by atoms with Crippen LogP contribution in [0.15, 0.2) is 55.0 Å². The minimum Gasteiger partial charge on any atom is -0.364 e. The molecule has 0 atom stereocenters. The van der Waals surface area contributed by atoms with Crippen LogP contribution in [0.1, 0.15) is 11.1 Å². The van der Waals surface area contributed by atoms with Gasteiger partial charge in [-0.2, -0.15) is 10.1 Å². The number of anilines is 2. The van der Waals surface area contributed by atoms with E-state index in [1.165, 1.54) is 12.1 Å². The zero-order valence-corrected chi connectivity index (χ0v) is 12.3. The third-order valence-electron chi connectivity index (χ3n) is 3.12. The van der Waals surface area contributed by atoms with Gasteiger partial charge in [-0.25, -0.2) is 4.39 Å². The van der Waals surface area contributed by atoms with Gasteiger partial charge in [0.2, 0.25) is 5.95 Å². The van der Waals surface area contributed by atoms with Gasteiger partial charge in [0.05, 0.1) is 6.20 Å². The molecule has 2 N–H and O–H groups in total. The molecule has 0 spiro atoms. The summed E-state index contributed by atoms with van der Waals surface area (Å²) >= 11 is 0. The van der Waals surface area contributed by atoms with Gasteiger partial charge in [-0.05, 0) is 29.3 Å². The monoisotopic (exact) mass is 310 g/mol. The Labute approximate surface area is 132 Å². The lowest BCUT2D eigenvalue weighted by Crippen LogP contribution is -2.08. The second-order valence-corrected chi connectivity index (χ2v) is 4.86. The van der Waals surface area contributed by atoms with E-state index in [4.69, 9.17) is 0 Å². The lowest BCUT2D eigenvalue weighted by atomic mass is 10.2. The quantitative estimate of drug-likeness (QED) is 0.729. The lowest BCUT2D eigenvalue weighted by molar-refractivity contribution is 0.627. The number of nitrogens with one attached hydrogen (secondary N) is 2. The van der Waals surface area contributed by atoms with Gasteiger partial charge in [-0.15, -0.1) is 5.10 Å². The van der Waals surface area contributed by atoms with Crippen LogP contribution < -0.4 is 10.6 Å². The van der Waals surface area contributed by atoms with Crippen molar-refractivity contribution in [1.29, 1.82) is 0 Å². The third kappa shape index (κ3) is 4.44. The molecule has 0 radical (unpaired) electrons. The molecule has 3 rings (SSSR count). The summed E-state index contributed by atoms with van der Waals surface area (Å²) in [5.74, 6) is 0.768. The van der Waals surface area contributed by atoms with E-state index in [0.717, 1.165) is 11.1 Å². The summed E-state index contributed by atoms with van der Waals surface area (Å²) in [5.41, 5.74) is 1.98. The van der Waals surface area contributed by atoms with Gasteiger partial charge in [0.25, 0.3) is 0 Å². The van der Waals surface area contributed by atoms with Gasteiger partial charge in [0, 0.05) is 25.5 Å². The number of benzene rings is 1. The first-order chi connectivity index (χ1) is 11.3. The SMILES string of the molecule is Fc1ccc(CNc2nncc(NCc3cccnc3)n2)cc1. The van der Waals surface area contributed by atoms with Crippen LogP contribution in [-0.4, -0.2) is 20.2 Å². The van der Waals surface area contributed by atoms with Gasteiger partial charge < -0.3 is 10.6 Å². The molecule has 3 aromatic rings. The van der Waals surface area contributed by atoms with E-state index >= 15 is 0 Å². The lowest BCUT2D eigenvalue weighted by Gasteiger charge is -2.07. The number of rotatable bonds is 6. The van der Waals surface area contributed by atoms with Crippen LogP contribution >= 0.6 is 0 Å². The fraction of sp³-hybridized carbons (Fsp3) is 0.125. The minimum atomic E-state index is -0.256. The number of pyridine rings is 1. The molecule has 116 valence electrons. The van der Waals surface area contributed by atoms with E-state index in [-0.39, 0.29) is 5.82 Å². The van der Waals surface area contributed by atoms with Crippen molar-refractivity contribution in [2.45, 2.75) is 13.1 Å². The molecule has 23 heavy (non-hydrogen) atoms. The van der Waals surface area contributed by atoms with Crippen molar-refractivity contribution in [3.63, 3.8) is 0 Å². The summed E-state index contributed by atoms with van der Waals surface area (Å²) in [6, 6.07) is 10.1. The van der Waals surface area contributed by atoms with Crippen molar-refractivity contribution in [3.8, 4) is 0 Å². The van der Waals surface area contributed by atoms with Gasteiger partial charge >= 0.3 is 0 Å². The predicted molar refractivity (Wildman–Crippen MR) is 85.1 cm³/mol. The summed E-state index contributed by atoms with van der Waals surface area (Å²) in [6.07, 6.45) is 5.07. The van der Waals surface area contributed by atoms with E-state index in [0.29, 0.717) is 24.9 Å². The first-order valence-electron chi connectivity index (χ1n) is 7.10. The highest BCUT2D eigenvalue weighted by atomic mass is 19.1. The van der Waals surface area contributed by atoms with Gasteiger partial charge in [0.1, 0.15) is 5.82 Å². The number of hydrogen-bond donors (Lipinski definition) is 2. The molecule has 0 aliphatic carbocycles. The second kappa shape index (κ2) is 7.26. The molecule has 0 saturated heterocycles. The molecular formula is C16H15FN6. The van der Waals surface area contributed by atoms with E-state index < -0.39 is 0 Å². The Morgan fingerprint density at radius 1 is 0.913 bits per heavy atom. The van der Waals surface area contributed by atoms with Crippen molar-refractivity contribution in [3.05, 3.63) is 71.9 Å². The average Bonchev–Trinajstić information content (AvgIpc) is 2.61. The van der Waals surface area contributed by atoms with Gasteiger partial charge in [-0.3, -0.25) is 4.98 Å². The maximum absolute atomic E-state index is 12.9. The number of aromatic nitrogens is 4. The zero-order chi connectivity index (χ0) is 15.9. The average molecular weight is 310 g/mol. The Morgan fingerprint density at radius 3 is 2.52 bits per heavy atom. The fourth-order valence-corrected chi connectivity index (χ4v) is 1.94. The van der Waals surface area contributed by atoms with E-state index in [9.17, 15) is 4.39 Å². The Hall–Kier alpha value is -3.09. The van der Waals surface area contributed by atoms with Crippen molar-refractivity contribution < 1.29 is 4.39 Å². The molecule has 1 aromatic carbocycles. The first-order valence-corrected chi connectivity index (χ1v) is 7.10. The second-order valence-electron chi connectivity index (χ2n) is 4.86. The largest absolute Gasteiger partial charge is 0.364 e. The Bertz CT molecular complexity index is 748. The summed E-state index contributed by atoms with van der Waals surface area (Å²) in [5, 5.41) is 14.1. The Morgan fingerprint density at radius 2 is 1.74 bits per heavy atom. The van der Waals surface area contributed by atoms with Crippen molar-refractivity contribution in [1.82, 2.24) is 20.2 Å².